The number of nitrogens with zero attached hydrogens (tertiary/aromatic N) is 3. The summed E-state index contributed by atoms with van der Waals surface area (Å²) in [6, 6.07) is 2.07. The fraction of sp³-hybridized carbons (Fsp3) is 0.556. The van der Waals surface area contributed by atoms with Crippen molar-refractivity contribution in [1.29, 1.82) is 5.26 Å². The van der Waals surface area contributed by atoms with Crippen LogP contribution >= 0.6 is 0 Å². The van der Waals surface area contributed by atoms with Gasteiger partial charge in [0, 0.05) is 30.9 Å². The molecule has 1 aliphatic heterocycles. The van der Waals surface area contributed by atoms with Crippen LogP contribution in [-0.4, -0.2) is 52.2 Å². The first-order chi connectivity index (χ1) is 13.0. The lowest BCUT2D eigenvalue weighted by Crippen LogP contribution is -2.56. The van der Waals surface area contributed by atoms with Crippen LogP contribution in [0.3, 0.4) is 0 Å². The lowest BCUT2D eigenvalue weighted by atomic mass is 9.79. The molecular weight excluding hydrogens is 374 g/mol. The van der Waals surface area contributed by atoms with Gasteiger partial charge >= 0.3 is 12.7 Å². The highest BCUT2D eigenvalue weighted by molar-refractivity contribution is 5.93. The number of carboxylic acid groups (broad SMARTS) is 1. The summed E-state index contributed by atoms with van der Waals surface area (Å²) in [5.74, 6) is -1.03. The number of pyridine rings is 1. The van der Waals surface area contributed by atoms with Crippen molar-refractivity contribution >= 4 is 12.0 Å². The number of aromatic nitrogens is 1. The van der Waals surface area contributed by atoms with Crippen molar-refractivity contribution in [2.45, 2.75) is 52.3 Å². The van der Waals surface area contributed by atoms with Gasteiger partial charge in [-0.05, 0) is 18.3 Å². The Morgan fingerprint density at radius 2 is 2.14 bits per heavy atom. The maximum atomic E-state index is 12.5. The molecule has 0 bridgehead atoms. The maximum absolute atomic E-state index is 12.5. The van der Waals surface area contributed by atoms with E-state index in [0.717, 1.165) is 12.3 Å². The molecule has 152 valence electrons. The van der Waals surface area contributed by atoms with Crippen molar-refractivity contribution in [3.63, 3.8) is 0 Å². The van der Waals surface area contributed by atoms with Crippen molar-refractivity contribution in [2.75, 3.05) is 6.54 Å². The second-order valence-electron chi connectivity index (χ2n) is 7.61. The zero-order chi connectivity index (χ0) is 21.1. The largest absolute Gasteiger partial charge is 0.465 e. The first-order valence-corrected chi connectivity index (χ1v) is 8.68. The number of hydrogen-bond donors (Lipinski definition) is 2. The molecule has 0 aliphatic carbocycles. The number of likely N-dealkylation sites (tertiary alicyclic amines) is 1. The van der Waals surface area contributed by atoms with Crippen LogP contribution in [0.25, 0.3) is 0 Å². The Balaban J connectivity index is 2.14. The molecule has 28 heavy (non-hydrogen) atoms. The summed E-state index contributed by atoms with van der Waals surface area (Å²) in [5, 5.41) is 21.1. The summed E-state index contributed by atoms with van der Waals surface area (Å²) in [4.78, 5) is 29.2. The van der Waals surface area contributed by atoms with Crippen LogP contribution in [0.1, 0.15) is 49.7 Å². The zero-order valence-electron chi connectivity index (χ0n) is 15.8. The number of halogens is 2. The van der Waals surface area contributed by atoms with Crippen molar-refractivity contribution in [3.8, 4) is 11.8 Å². The number of piperidine rings is 1. The number of nitrogens with one attached hydrogen (secondary N) is 1. The summed E-state index contributed by atoms with van der Waals surface area (Å²) in [6.07, 6.45) is 0.823. The third kappa shape index (κ3) is 5.06. The zero-order valence-corrected chi connectivity index (χ0v) is 15.8. The van der Waals surface area contributed by atoms with E-state index in [2.05, 4.69) is 15.0 Å². The van der Waals surface area contributed by atoms with Gasteiger partial charge in [0.25, 0.3) is 5.91 Å². The third-order valence-corrected chi connectivity index (χ3v) is 4.62. The van der Waals surface area contributed by atoms with Gasteiger partial charge in [0.2, 0.25) is 0 Å². The second-order valence-corrected chi connectivity index (χ2v) is 7.61. The van der Waals surface area contributed by atoms with Crippen molar-refractivity contribution in [2.24, 2.45) is 5.41 Å². The Hall–Kier alpha value is -2.96. The quantitative estimate of drug-likeness (QED) is 0.809. The molecule has 2 N–H and O–H groups in total. The highest BCUT2D eigenvalue weighted by Crippen LogP contribution is 2.32. The predicted octanol–water partition coefficient (Wildman–Crippen LogP) is 2.84. The normalized spacial score (nSPS) is 19.8. The Bertz CT molecular complexity index is 789. The second kappa shape index (κ2) is 8.37. The van der Waals surface area contributed by atoms with Crippen molar-refractivity contribution < 1.29 is 28.2 Å². The molecule has 0 radical (unpaired) electrons. The standard InChI is InChI=1S/C18H22F2N4O4/c1-18(2,3)14-6-11(4-5-24(14)17(26)27)23-15(25)12-7-13(28-16(19)20)10(8-21)9-22-12/h7,9,11,14,16H,4-6H2,1-3H3,(H,23,25)(H,26,27). The Morgan fingerprint density at radius 1 is 1.46 bits per heavy atom. The molecular formula is C18H22F2N4O4. The van der Waals surface area contributed by atoms with Crippen LogP contribution in [0.2, 0.25) is 0 Å². The Kier molecular flexibility index (Phi) is 6.38. The first kappa shape index (κ1) is 21.3. The van der Waals surface area contributed by atoms with E-state index in [1.807, 2.05) is 20.8 Å². The summed E-state index contributed by atoms with van der Waals surface area (Å²) >= 11 is 0. The van der Waals surface area contributed by atoms with Crippen molar-refractivity contribution in [1.82, 2.24) is 15.2 Å². The van der Waals surface area contributed by atoms with Gasteiger partial charge in [-0.15, -0.1) is 0 Å². The highest BCUT2D eigenvalue weighted by atomic mass is 19.3. The molecule has 8 nitrogen and oxygen atoms in total. The highest BCUT2D eigenvalue weighted by Gasteiger charge is 2.39. The molecule has 0 aromatic carbocycles. The van der Waals surface area contributed by atoms with Gasteiger partial charge in [-0.1, -0.05) is 20.8 Å². The first-order valence-electron chi connectivity index (χ1n) is 8.68. The van der Waals surface area contributed by atoms with E-state index >= 15 is 0 Å². The maximum Gasteiger partial charge on any atom is 0.407 e. The average Bonchev–Trinajstić information content (AvgIpc) is 2.60. The summed E-state index contributed by atoms with van der Waals surface area (Å²) in [5.41, 5.74) is -0.700. The van der Waals surface area contributed by atoms with E-state index in [9.17, 15) is 23.5 Å². The fourth-order valence-corrected chi connectivity index (χ4v) is 3.24. The van der Waals surface area contributed by atoms with E-state index < -0.39 is 24.4 Å². The number of ether oxygens (including phenoxy) is 1. The molecule has 1 fully saturated rings. The third-order valence-electron chi connectivity index (χ3n) is 4.62. The topological polar surface area (TPSA) is 116 Å². The number of nitriles is 1. The molecule has 1 aliphatic rings. The SMILES string of the molecule is CC(C)(C)C1CC(NC(=O)c2cc(OC(F)F)c(C#N)cn2)CCN1C(=O)O. The lowest BCUT2D eigenvalue weighted by Gasteiger charge is -2.44. The Labute approximate surface area is 161 Å². The molecule has 1 aromatic heterocycles. The molecule has 0 saturated carbocycles. The average molecular weight is 396 g/mol. The summed E-state index contributed by atoms with van der Waals surface area (Å²) < 4.78 is 29.3. The molecule has 2 unspecified atom stereocenters. The van der Waals surface area contributed by atoms with Gasteiger partial charge in [-0.2, -0.15) is 14.0 Å². The van der Waals surface area contributed by atoms with Crippen LogP contribution < -0.4 is 10.1 Å². The number of alkyl halides is 2. The summed E-state index contributed by atoms with van der Waals surface area (Å²) in [7, 11) is 0. The Morgan fingerprint density at radius 3 is 2.68 bits per heavy atom. The number of amides is 2. The van der Waals surface area contributed by atoms with E-state index in [1.54, 1.807) is 6.07 Å². The minimum absolute atomic E-state index is 0.164. The molecule has 2 amide bonds. The van der Waals surface area contributed by atoms with E-state index in [4.69, 9.17) is 5.26 Å². The van der Waals surface area contributed by atoms with Crippen LogP contribution in [0, 0.1) is 16.7 Å². The number of hydrogen-bond acceptors (Lipinski definition) is 5. The predicted molar refractivity (Wildman–Crippen MR) is 94.0 cm³/mol. The fourth-order valence-electron chi connectivity index (χ4n) is 3.24. The lowest BCUT2D eigenvalue weighted by molar-refractivity contribution is -0.0501. The van der Waals surface area contributed by atoms with Gasteiger partial charge in [-0.3, -0.25) is 4.79 Å². The molecule has 2 rings (SSSR count). The van der Waals surface area contributed by atoms with Gasteiger partial charge in [0.15, 0.2) is 0 Å². The number of carbonyl (C=O) groups excluding carboxylic acids is 1. The van der Waals surface area contributed by atoms with E-state index in [0.29, 0.717) is 12.8 Å². The van der Waals surface area contributed by atoms with Crippen LogP contribution in [-0.2, 0) is 0 Å². The summed E-state index contributed by atoms with van der Waals surface area (Å²) in [6.45, 7) is 2.90. The van der Waals surface area contributed by atoms with Gasteiger partial charge in [0.1, 0.15) is 23.1 Å². The molecule has 10 heteroatoms. The van der Waals surface area contributed by atoms with E-state index in [-0.39, 0.29) is 35.3 Å². The molecule has 1 saturated heterocycles. The molecule has 0 spiro atoms. The van der Waals surface area contributed by atoms with Gasteiger partial charge in [0.05, 0.1) is 0 Å². The molecule has 2 atom stereocenters. The van der Waals surface area contributed by atoms with Gasteiger partial charge < -0.3 is 20.1 Å². The van der Waals surface area contributed by atoms with Gasteiger partial charge in [-0.25, -0.2) is 9.78 Å². The monoisotopic (exact) mass is 396 g/mol. The minimum Gasteiger partial charge on any atom is -0.465 e. The molecule has 1 aromatic rings. The van der Waals surface area contributed by atoms with Crippen molar-refractivity contribution in [3.05, 3.63) is 23.5 Å². The smallest absolute Gasteiger partial charge is 0.407 e. The number of carbonyl (C=O) groups is 2. The van der Waals surface area contributed by atoms with Crippen LogP contribution in [0.5, 0.6) is 5.75 Å². The molecule has 2 heterocycles. The number of rotatable bonds is 4. The minimum atomic E-state index is -3.14. The van der Waals surface area contributed by atoms with Crippen LogP contribution in [0.15, 0.2) is 12.3 Å². The van der Waals surface area contributed by atoms with Crippen LogP contribution in [0.4, 0.5) is 13.6 Å². The van der Waals surface area contributed by atoms with E-state index in [1.165, 1.54) is 4.90 Å².